The number of imidazole rings is 1. The van der Waals surface area contributed by atoms with Crippen LogP contribution in [0.15, 0.2) is 33.9 Å². The molecule has 1 fully saturated rings. The SMILES string of the molecule is COc1ccc(N2CCN(Cc3nc4c(c(=O)[nH]c(=O)n4C)n3CCCO)CC2)cc1. The van der Waals surface area contributed by atoms with Crippen LogP contribution in [0, 0.1) is 0 Å². The maximum absolute atomic E-state index is 12.5. The normalized spacial score (nSPS) is 15.0. The van der Waals surface area contributed by atoms with Gasteiger partial charge in [0.15, 0.2) is 11.2 Å². The van der Waals surface area contributed by atoms with E-state index in [1.54, 1.807) is 14.2 Å². The number of hydrogen-bond donors (Lipinski definition) is 2. The number of benzene rings is 1. The van der Waals surface area contributed by atoms with Crippen LogP contribution in [0.4, 0.5) is 5.69 Å². The van der Waals surface area contributed by atoms with Gasteiger partial charge in [0.1, 0.15) is 11.6 Å². The predicted molar refractivity (Wildman–Crippen MR) is 118 cm³/mol. The summed E-state index contributed by atoms with van der Waals surface area (Å²) in [5, 5.41) is 9.29. The van der Waals surface area contributed by atoms with E-state index in [1.165, 1.54) is 4.57 Å². The Hall–Kier alpha value is -3.11. The van der Waals surface area contributed by atoms with Crippen molar-refractivity contribution < 1.29 is 9.84 Å². The Labute approximate surface area is 179 Å². The number of rotatable bonds is 7. The van der Waals surface area contributed by atoms with Crippen molar-refractivity contribution >= 4 is 16.9 Å². The van der Waals surface area contributed by atoms with Crippen molar-refractivity contribution in [2.24, 2.45) is 7.05 Å². The standard InChI is InChI=1S/C21H28N6O4/c1-24-19-18(20(29)23-21(24)30)27(8-3-13-28)17(22-19)14-25-9-11-26(12-10-25)15-4-6-16(31-2)7-5-15/h4-7,28H,3,8-14H2,1-2H3,(H,23,29,30). The molecule has 0 radical (unpaired) electrons. The van der Waals surface area contributed by atoms with E-state index < -0.39 is 11.2 Å². The van der Waals surface area contributed by atoms with Gasteiger partial charge in [-0.15, -0.1) is 0 Å². The second-order valence-corrected chi connectivity index (χ2v) is 7.71. The van der Waals surface area contributed by atoms with Crippen LogP contribution in [0.5, 0.6) is 5.75 Å². The largest absolute Gasteiger partial charge is 0.497 e. The molecule has 0 amide bonds. The van der Waals surface area contributed by atoms with Crippen LogP contribution < -0.4 is 20.9 Å². The number of nitrogens with one attached hydrogen (secondary N) is 1. The van der Waals surface area contributed by atoms with Crippen molar-refractivity contribution in [1.82, 2.24) is 24.0 Å². The molecule has 1 aromatic carbocycles. The van der Waals surface area contributed by atoms with Crippen LogP contribution in [-0.2, 0) is 20.1 Å². The van der Waals surface area contributed by atoms with E-state index in [9.17, 15) is 14.7 Å². The summed E-state index contributed by atoms with van der Waals surface area (Å²) in [4.78, 5) is 36.1. The third-order valence-corrected chi connectivity index (χ3v) is 5.80. The van der Waals surface area contributed by atoms with E-state index in [0.29, 0.717) is 30.7 Å². The summed E-state index contributed by atoms with van der Waals surface area (Å²) in [6.45, 7) is 4.52. The molecule has 4 rings (SSSR count). The third kappa shape index (κ3) is 4.21. The highest BCUT2D eigenvalue weighted by Gasteiger charge is 2.22. The van der Waals surface area contributed by atoms with Gasteiger partial charge in [-0.1, -0.05) is 0 Å². The van der Waals surface area contributed by atoms with E-state index in [-0.39, 0.29) is 6.61 Å². The lowest BCUT2D eigenvalue weighted by atomic mass is 10.2. The Morgan fingerprint density at radius 3 is 2.48 bits per heavy atom. The Balaban J connectivity index is 1.53. The van der Waals surface area contributed by atoms with Crippen LogP contribution in [0.1, 0.15) is 12.2 Å². The van der Waals surface area contributed by atoms with Crippen molar-refractivity contribution in [2.75, 3.05) is 44.8 Å². The molecule has 0 atom stereocenters. The first-order valence-corrected chi connectivity index (χ1v) is 10.4. The number of fused-ring (bicyclic) bond motifs is 1. The molecule has 1 aliphatic rings. The fraction of sp³-hybridized carbons (Fsp3) is 0.476. The zero-order valence-electron chi connectivity index (χ0n) is 17.9. The summed E-state index contributed by atoms with van der Waals surface area (Å²) in [5.74, 6) is 1.57. The van der Waals surface area contributed by atoms with Crippen LogP contribution in [0.3, 0.4) is 0 Å². The summed E-state index contributed by atoms with van der Waals surface area (Å²) in [5.41, 5.74) is 0.987. The molecule has 1 aliphatic heterocycles. The number of H-pyrrole nitrogens is 1. The quantitative estimate of drug-likeness (QED) is 0.551. The lowest BCUT2D eigenvalue weighted by Gasteiger charge is -2.36. The molecule has 10 heteroatoms. The Kier molecular flexibility index (Phi) is 6.10. The van der Waals surface area contributed by atoms with Gasteiger partial charge in [-0.25, -0.2) is 9.78 Å². The minimum atomic E-state index is -0.482. The van der Waals surface area contributed by atoms with Gasteiger partial charge in [0.2, 0.25) is 0 Å². The Morgan fingerprint density at radius 2 is 1.84 bits per heavy atom. The van der Waals surface area contributed by atoms with Gasteiger partial charge in [-0.2, -0.15) is 0 Å². The van der Waals surface area contributed by atoms with E-state index in [4.69, 9.17) is 4.74 Å². The lowest BCUT2D eigenvalue weighted by Crippen LogP contribution is -2.46. The molecular weight excluding hydrogens is 400 g/mol. The smallest absolute Gasteiger partial charge is 0.329 e. The number of ether oxygens (including phenoxy) is 1. The molecule has 166 valence electrons. The average Bonchev–Trinajstić information content (AvgIpc) is 3.15. The number of nitrogens with zero attached hydrogens (tertiary/aromatic N) is 5. The van der Waals surface area contributed by atoms with Crippen LogP contribution in [-0.4, -0.2) is 69.0 Å². The minimum absolute atomic E-state index is 0.0172. The van der Waals surface area contributed by atoms with Crippen LogP contribution in [0.2, 0.25) is 0 Å². The van der Waals surface area contributed by atoms with Gasteiger partial charge in [-0.3, -0.25) is 19.2 Å². The second-order valence-electron chi connectivity index (χ2n) is 7.71. The molecule has 10 nitrogen and oxygen atoms in total. The monoisotopic (exact) mass is 428 g/mol. The number of anilines is 1. The minimum Gasteiger partial charge on any atom is -0.497 e. The molecule has 2 N–H and O–H groups in total. The maximum Gasteiger partial charge on any atom is 0.329 e. The lowest BCUT2D eigenvalue weighted by molar-refractivity contribution is 0.238. The molecule has 31 heavy (non-hydrogen) atoms. The van der Waals surface area contributed by atoms with Gasteiger partial charge in [0.25, 0.3) is 5.56 Å². The number of hydrogen-bond acceptors (Lipinski definition) is 7. The number of methoxy groups -OCH3 is 1. The third-order valence-electron chi connectivity index (χ3n) is 5.80. The van der Waals surface area contributed by atoms with Gasteiger partial charge >= 0.3 is 5.69 Å². The maximum atomic E-state index is 12.5. The first-order chi connectivity index (χ1) is 15.0. The predicted octanol–water partition coefficient (Wildman–Crippen LogP) is 0.137. The number of piperazine rings is 1. The summed E-state index contributed by atoms with van der Waals surface area (Å²) in [6.07, 6.45) is 0.506. The highest BCUT2D eigenvalue weighted by molar-refractivity contribution is 5.70. The fourth-order valence-corrected chi connectivity index (χ4v) is 4.03. The summed E-state index contributed by atoms with van der Waals surface area (Å²) in [7, 11) is 3.26. The van der Waals surface area contributed by atoms with Gasteiger partial charge in [0, 0.05) is 52.1 Å². The summed E-state index contributed by atoms with van der Waals surface area (Å²) >= 11 is 0. The Morgan fingerprint density at radius 1 is 1.13 bits per heavy atom. The molecule has 3 heterocycles. The molecule has 0 bridgehead atoms. The van der Waals surface area contributed by atoms with Crippen LogP contribution >= 0.6 is 0 Å². The van der Waals surface area contributed by atoms with Gasteiger partial charge < -0.3 is 19.3 Å². The van der Waals surface area contributed by atoms with E-state index >= 15 is 0 Å². The number of aromatic amines is 1. The van der Waals surface area contributed by atoms with Gasteiger partial charge in [0.05, 0.1) is 13.7 Å². The van der Waals surface area contributed by atoms with Crippen molar-refractivity contribution in [3.63, 3.8) is 0 Å². The number of aliphatic hydroxyl groups excluding tert-OH is 1. The van der Waals surface area contributed by atoms with Crippen molar-refractivity contribution in [2.45, 2.75) is 19.5 Å². The Bertz CT molecular complexity index is 1160. The number of aryl methyl sites for hydroxylation is 2. The van der Waals surface area contributed by atoms with E-state index in [0.717, 1.165) is 43.4 Å². The molecule has 0 saturated carbocycles. The van der Waals surface area contributed by atoms with Crippen molar-refractivity contribution in [3.8, 4) is 5.75 Å². The second kappa shape index (κ2) is 8.94. The van der Waals surface area contributed by atoms with E-state index in [1.807, 2.05) is 16.7 Å². The molecular formula is C21H28N6O4. The number of aliphatic hydroxyl groups is 1. The van der Waals surface area contributed by atoms with Crippen molar-refractivity contribution in [3.05, 3.63) is 50.9 Å². The van der Waals surface area contributed by atoms with E-state index in [2.05, 4.69) is 31.9 Å². The molecule has 0 unspecified atom stereocenters. The molecule has 1 saturated heterocycles. The van der Waals surface area contributed by atoms with Crippen molar-refractivity contribution in [1.29, 1.82) is 0 Å². The zero-order valence-corrected chi connectivity index (χ0v) is 17.9. The summed E-state index contributed by atoms with van der Waals surface area (Å²) < 4.78 is 8.42. The number of aromatic nitrogens is 4. The zero-order chi connectivity index (χ0) is 22.0. The highest BCUT2D eigenvalue weighted by atomic mass is 16.5. The fourth-order valence-electron chi connectivity index (χ4n) is 4.03. The first-order valence-electron chi connectivity index (χ1n) is 10.4. The summed E-state index contributed by atoms with van der Waals surface area (Å²) in [6, 6.07) is 8.06. The highest BCUT2D eigenvalue weighted by Crippen LogP contribution is 2.21. The topological polar surface area (TPSA) is 109 Å². The van der Waals surface area contributed by atoms with Crippen LogP contribution in [0.25, 0.3) is 11.2 Å². The first kappa shape index (κ1) is 21.1. The molecule has 0 spiro atoms. The van der Waals surface area contributed by atoms with Gasteiger partial charge in [-0.05, 0) is 30.7 Å². The molecule has 2 aromatic heterocycles. The molecule has 0 aliphatic carbocycles. The average molecular weight is 428 g/mol. The molecule has 3 aromatic rings.